The van der Waals surface area contributed by atoms with Gasteiger partial charge in [-0.25, -0.2) is 4.98 Å². The number of aromatic nitrogens is 3. The molecule has 2 aromatic rings. The quantitative estimate of drug-likeness (QED) is 0.563. The van der Waals surface area contributed by atoms with E-state index in [4.69, 9.17) is 16.0 Å². The molecule has 0 unspecified atom stereocenters. The molecule has 2 aromatic heterocycles. The molecule has 0 saturated carbocycles. The maximum atomic E-state index is 5.22. The summed E-state index contributed by atoms with van der Waals surface area (Å²) < 4.78 is 4.94. The smallest absolute Gasteiger partial charge is 0.277 e. The Balaban J connectivity index is 2.31. The molecule has 0 aliphatic heterocycles. The molecule has 4 N–H and O–H groups in total. The highest BCUT2D eigenvalue weighted by molar-refractivity contribution is 7.13. The molecular weight excluding hydrogens is 216 g/mol. The second-order valence-electron chi connectivity index (χ2n) is 2.70. The fraction of sp³-hybridized carbons (Fsp3) is 0.143. The summed E-state index contributed by atoms with van der Waals surface area (Å²) in [6, 6.07) is 0. The van der Waals surface area contributed by atoms with E-state index < -0.39 is 0 Å². The van der Waals surface area contributed by atoms with Gasteiger partial charge in [-0.15, -0.1) is 11.3 Å². The van der Waals surface area contributed by atoms with E-state index in [0.29, 0.717) is 22.5 Å². The number of guanidine groups is 1. The summed E-state index contributed by atoms with van der Waals surface area (Å²) in [5.74, 6) is 0.889. The van der Waals surface area contributed by atoms with Crippen molar-refractivity contribution >= 4 is 22.4 Å². The molecule has 0 spiro atoms. The minimum Gasteiger partial charge on any atom is -0.370 e. The summed E-state index contributed by atoms with van der Waals surface area (Å²) in [7, 11) is 0. The zero-order valence-corrected chi connectivity index (χ0v) is 8.65. The lowest BCUT2D eigenvalue weighted by Crippen LogP contribution is -2.21. The van der Waals surface area contributed by atoms with Crippen molar-refractivity contribution in [1.82, 2.24) is 15.1 Å². The van der Waals surface area contributed by atoms with Gasteiger partial charge in [0.25, 0.3) is 5.89 Å². The Morgan fingerprint density at radius 3 is 2.87 bits per heavy atom. The van der Waals surface area contributed by atoms with Gasteiger partial charge in [0.2, 0.25) is 5.13 Å². The van der Waals surface area contributed by atoms with Crippen LogP contribution in [0.5, 0.6) is 0 Å². The van der Waals surface area contributed by atoms with Crippen molar-refractivity contribution in [3.8, 4) is 11.6 Å². The predicted molar refractivity (Wildman–Crippen MR) is 55.6 cm³/mol. The lowest BCUT2D eigenvalue weighted by Gasteiger charge is -1.86. The molecule has 0 atom stereocenters. The summed E-state index contributed by atoms with van der Waals surface area (Å²) in [5, 5.41) is 5.86. The van der Waals surface area contributed by atoms with E-state index in [1.165, 1.54) is 11.3 Å². The van der Waals surface area contributed by atoms with E-state index in [9.17, 15) is 0 Å². The third-order valence-electron chi connectivity index (χ3n) is 1.46. The maximum Gasteiger partial charge on any atom is 0.277 e. The second-order valence-corrected chi connectivity index (χ2v) is 3.54. The van der Waals surface area contributed by atoms with Gasteiger partial charge in [0.1, 0.15) is 5.69 Å². The van der Waals surface area contributed by atoms with Gasteiger partial charge in [0.05, 0.1) is 0 Å². The largest absolute Gasteiger partial charge is 0.370 e. The van der Waals surface area contributed by atoms with Crippen molar-refractivity contribution in [2.24, 2.45) is 16.5 Å². The molecule has 0 aromatic carbocycles. The number of aryl methyl sites for hydroxylation is 1. The number of nitrogens with zero attached hydrogens (tertiary/aromatic N) is 4. The molecule has 0 radical (unpaired) electrons. The van der Waals surface area contributed by atoms with Crippen molar-refractivity contribution in [2.75, 3.05) is 0 Å². The van der Waals surface area contributed by atoms with Crippen molar-refractivity contribution in [2.45, 2.75) is 6.92 Å². The number of thiazole rings is 1. The first-order valence-electron chi connectivity index (χ1n) is 4.01. The lowest BCUT2D eigenvalue weighted by molar-refractivity contribution is 0.424. The molecule has 2 rings (SSSR count). The van der Waals surface area contributed by atoms with Crippen LogP contribution in [-0.2, 0) is 0 Å². The monoisotopic (exact) mass is 224 g/mol. The predicted octanol–water partition coefficient (Wildman–Crippen LogP) is 0.406. The number of rotatable bonds is 2. The average molecular weight is 224 g/mol. The standard InChI is InChI=1S/C7H8N6OS/c1-3-10-5(14-13-3)4-2-15-7(11-4)12-6(8)9/h2H,1H3,(H4,8,9,11,12). The Bertz CT molecular complexity index is 497. The second kappa shape index (κ2) is 3.65. The van der Waals surface area contributed by atoms with Gasteiger partial charge in [0, 0.05) is 5.38 Å². The summed E-state index contributed by atoms with van der Waals surface area (Å²) in [6.45, 7) is 1.73. The number of hydrogen-bond donors (Lipinski definition) is 2. The Kier molecular flexibility index (Phi) is 2.34. The molecule has 0 aliphatic carbocycles. The first-order valence-corrected chi connectivity index (χ1v) is 4.89. The molecule has 0 bridgehead atoms. The van der Waals surface area contributed by atoms with Gasteiger partial charge < -0.3 is 16.0 Å². The molecule has 7 nitrogen and oxygen atoms in total. The molecule has 0 saturated heterocycles. The van der Waals surface area contributed by atoms with Gasteiger partial charge in [0.15, 0.2) is 11.8 Å². The highest BCUT2D eigenvalue weighted by Crippen LogP contribution is 2.25. The number of nitrogens with two attached hydrogens (primary N) is 2. The van der Waals surface area contributed by atoms with E-state index in [1.54, 1.807) is 12.3 Å². The Labute approximate surface area is 88.8 Å². The number of aliphatic imine (C=N–C) groups is 1. The topological polar surface area (TPSA) is 116 Å². The van der Waals surface area contributed by atoms with Crippen LogP contribution < -0.4 is 11.5 Å². The molecule has 8 heteroatoms. The van der Waals surface area contributed by atoms with Crippen LogP contribution in [0.15, 0.2) is 14.9 Å². The normalized spacial score (nSPS) is 10.2. The summed E-state index contributed by atoms with van der Waals surface area (Å²) in [5.41, 5.74) is 11.0. The minimum atomic E-state index is -0.0300. The van der Waals surface area contributed by atoms with Crippen LogP contribution >= 0.6 is 11.3 Å². The molecule has 0 fully saturated rings. The van der Waals surface area contributed by atoms with Crippen LogP contribution in [0.3, 0.4) is 0 Å². The molecule has 2 heterocycles. The van der Waals surface area contributed by atoms with Crippen LogP contribution in [0.2, 0.25) is 0 Å². The molecular formula is C7H8N6OS. The zero-order valence-electron chi connectivity index (χ0n) is 7.84. The van der Waals surface area contributed by atoms with E-state index >= 15 is 0 Å². The van der Waals surface area contributed by atoms with Crippen molar-refractivity contribution in [1.29, 1.82) is 0 Å². The zero-order chi connectivity index (χ0) is 10.8. The van der Waals surface area contributed by atoms with Gasteiger partial charge in [-0.3, -0.25) is 0 Å². The van der Waals surface area contributed by atoms with Crippen molar-refractivity contribution in [3.05, 3.63) is 11.2 Å². The van der Waals surface area contributed by atoms with E-state index in [1.807, 2.05) is 0 Å². The average Bonchev–Trinajstić information content (AvgIpc) is 2.72. The molecule has 0 aliphatic rings. The Morgan fingerprint density at radius 1 is 1.47 bits per heavy atom. The third-order valence-corrected chi connectivity index (χ3v) is 2.20. The van der Waals surface area contributed by atoms with Crippen LogP contribution in [0.25, 0.3) is 11.6 Å². The van der Waals surface area contributed by atoms with E-state index in [0.717, 1.165) is 0 Å². The first kappa shape index (κ1) is 9.59. The maximum absolute atomic E-state index is 5.22. The van der Waals surface area contributed by atoms with E-state index in [-0.39, 0.29) is 5.96 Å². The fourth-order valence-electron chi connectivity index (χ4n) is 0.925. The van der Waals surface area contributed by atoms with E-state index in [2.05, 4.69) is 20.1 Å². The lowest BCUT2D eigenvalue weighted by atomic mass is 10.5. The third kappa shape index (κ3) is 2.10. The van der Waals surface area contributed by atoms with Gasteiger partial charge in [-0.05, 0) is 6.92 Å². The van der Waals surface area contributed by atoms with Gasteiger partial charge in [-0.2, -0.15) is 9.98 Å². The van der Waals surface area contributed by atoms with Crippen molar-refractivity contribution in [3.63, 3.8) is 0 Å². The fourth-order valence-corrected chi connectivity index (χ4v) is 1.61. The molecule has 78 valence electrons. The van der Waals surface area contributed by atoms with Crippen LogP contribution in [0.4, 0.5) is 5.13 Å². The Morgan fingerprint density at radius 2 is 2.27 bits per heavy atom. The first-order chi connectivity index (χ1) is 7.15. The minimum absolute atomic E-state index is 0.0300. The van der Waals surface area contributed by atoms with Crippen molar-refractivity contribution < 1.29 is 4.52 Å². The molecule has 15 heavy (non-hydrogen) atoms. The number of hydrogen-bond acceptors (Lipinski definition) is 6. The molecule has 0 amide bonds. The van der Waals surface area contributed by atoms with Gasteiger partial charge >= 0.3 is 0 Å². The van der Waals surface area contributed by atoms with Crippen LogP contribution in [-0.4, -0.2) is 21.1 Å². The summed E-state index contributed by atoms with van der Waals surface area (Å²) >= 11 is 1.30. The summed E-state index contributed by atoms with van der Waals surface area (Å²) in [6.07, 6.45) is 0. The van der Waals surface area contributed by atoms with Gasteiger partial charge in [-0.1, -0.05) is 5.16 Å². The summed E-state index contributed by atoms with van der Waals surface area (Å²) in [4.78, 5) is 11.9. The Hall–Kier alpha value is -1.96. The SMILES string of the molecule is Cc1noc(-c2csc(N=C(N)N)n2)n1. The van der Waals surface area contributed by atoms with Crippen LogP contribution in [0, 0.1) is 6.92 Å². The highest BCUT2D eigenvalue weighted by atomic mass is 32.1. The van der Waals surface area contributed by atoms with Crippen LogP contribution in [0.1, 0.15) is 5.82 Å². The highest BCUT2D eigenvalue weighted by Gasteiger charge is 2.10.